The van der Waals surface area contributed by atoms with Gasteiger partial charge in [0.15, 0.2) is 0 Å². The van der Waals surface area contributed by atoms with Crippen LogP contribution in [0.15, 0.2) is 36.5 Å². The third-order valence-corrected chi connectivity index (χ3v) is 4.54. The molecule has 1 fully saturated rings. The molecule has 4 nitrogen and oxygen atoms in total. The van der Waals surface area contributed by atoms with Gasteiger partial charge in [0.1, 0.15) is 5.82 Å². The molecule has 26 heavy (non-hydrogen) atoms. The van der Waals surface area contributed by atoms with Crippen molar-refractivity contribution in [2.45, 2.75) is 25.4 Å². The summed E-state index contributed by atoms with van der Waals surface area (Å²) in [6.45, 7) is 1.47. The molecule has 1 amide bonds. The topological polar surface area (TPSA) is 45.2 Å². The molecule has 2 heterocycles. The average molecular weight is 384 g/mol. The highest BCUT2D eigenvalue weighted by atomic mass is 35.5. The normalized spacial score (nSPS) is 15.0. The minimum atomic E-state index is -4.46. The van der Waals surface area contributed by atoms with Gasteiger partial charge < -0.3 is 10.2 Å². The van der Waals surface area contributed by atoms with Gasteiger partial charge in [-0.25, -0.2) is 4.98 Å². The smallest absolute Gasteiger partial charge is 0.339 e. The first-order valence-corrected chi connectivity index (χ1v) is 8.61. The van der Waals surface area contributed by atoms with E-state index in [0.29, 0.717) is 11.4 Å². The largest absolute Gasteiger partial charge is 0.416 e. The number of nitrogens with zero attached hydrogens (tertiary/aromatic N) is 2. The molecule has 138 valence electrons. The fraction of sp³-hybridized carbons (Fsp3) is 0.333. The number of likely N-dealkylation sites (tertiary alicyclic amines) is 1. The molecule has 0 unspecified atom stereocenters. The van der Waals surface area contributed by atoms with Crippen molar-refractivity contribution in [1.82, 2.24) is 9.88 Å². The van der Waals surface area contributed by atoms with Crippen molar-refractivity contribution in [1.29, 1.82) is 0 Å². The number of carbonyl (C=O) groups is 1. The summed E-state index contributed by atoms with van der Waals surface area (Å²) in [5.74, 6) is 0.224. The van der Waals surface area contributed by atoms with Crippen LogP contribution in [0.4, 0.5) is 24.7 Å². The molecule has 0 atom stereocenters. The molecule has 2 aromatic rings. The minimum absolute atomic E-state index is 0.0825. The van der Waals surface area contributed by atoms with Gasteiger partial charge in [0.2, 0.25) is 0 Å². The van der Waals surface area contributed by atoms with Crippen LogP contribution in [0.1, 0.15) is 35.2 Å². The molecule has 3 rings (SSSR count). The van der Waals surface area contributed by atoms with E-state index in [-0.39, 0.29) is 16.6 Å². The maximum absolute atomic E-state index is 12.8. The number of hydrogen-bond acceptors (Lipinski definition) is 3. The van der Waals surface area contributed by atoms with Gasteiger partial charge >= 0.3 is 6.18 Å². The third kappa shape index (κ3) is 4.27. The van der Waals surface area contributed by atoms with Crippen LogP contribution < -0.4 is 5.32 Å². The Morgan fingerprint density at radius 2 is 1.85 bits per heavy atom. The number of nitrogens with one attached hydrogen (secondary N) is 1. The molecule has 0 aliphatic carbocycles. The molecule has 1 saturated heterocycles. The lowest BCUT2D eigenvalue weighted by Crippen LogP contribution is -2.35. The number of carbonyl (C=O) groups excluding carboxylic acids is 1. The molecule has 0 bridgehead atoms. The molecule has 1 aliphatic rings. The van der Waals surface area contributed by atoms with Crippen molar-refractivity contribution in [3.63, 3.8) is 0 Å². The van der Waals surface area contributed by atoms with Crippen LogP contribution in [0, 0.1) is 0 Å². The summed E-state index contributed by atoms with van der Waals surface area (Å²) in [6.07, 6.45) is 0.0717. The zero-order valence-corrected chi connectivity index (χ0v) is 14.6. The molecule has 0 saturated carbocycles. The molecule has 0 radical (unpaired) electrons. The van der Waals surface area contributed by atoms with Gasteiger partial charge in [0.25, 0.3) is 5.91 Å². The number of alkyl halides is 3. The lowest BCUT2D eigenvalue weighted by atomic mass is 10.1. The van der Waals surface area contributed by atoms with E-state index in [1.165, 1.54) is 12.3 Å². The van der Waals surface area contributed by atoms with Crippen LogP contribution in [0.2, 0.25) is 5.02 Å². The first kappa shape index (κ1) is 18.5. The summed E-state index contributed by atoms with van der Waals surface area (Å²) in [5, 5.41) is 2.91. The SMILES string of the molecule is O=C(c1ccc(Nc2cc(C(F)(F)F)ccc2Cl)nc1)N1CCCCC1. The zero-order chi connectivity index (χ0) is 18.7. The summed E-state index contributed by atoms with van der Waals surface area (Å²) < 4.78 is 38.5. The maximum Gasteiger partial charge on any atom is 0.416 e. The van der Waals surface area contributed by atoms with E-state index in [1.807, 2.05) is 0 Å². The van der Waals surface area contributed by atoms with E-state index in [1.54, 1.807) is 17.0 Å². The average Bonchev–Trinajstić information content (AvgIpc) is 2.63. The highest BCUT2D eigenvalue weighted by molar-refractivity contribution is 6.33. The minimum Gasteiger partial charge on any atom is -0.339 e. The van der Waals surface area contributed by atoms with Crippen LogP contribution in [0.25, 0.3) is 0 Å². The van der Waals surface area contributed by atoms with E-state index in [9.17, 15) is 18.0 Å². The fourth-order valence-corrected chi connectivity index (χ4v) is 2.97. The summed E-state index contributed by atoms with van der Waals surface area (Å²) in [4.78, 5) is 18.3. The second-order valence-electron chi connectivity index (χ2n) is 6.10. The molecule has 0 spiro atoms. The summed E-state index contributed by atoms with van der Waals surface area (Å²) in [6, 6.07) is 6.18. The van der Waals surface area contributed by atoms with Crippen LogP contribution in [0.3, 0.4) is 0 Å². The van der Waals surface area contributed by atoms with E-state index >= 15 is 0 Å². The van der Waals surface area contributed by atoms with Crippen molar-refractivity contribution in [2.24, 2.45) is 0 Å². The van der Waals surface area contributed by atoms with E-state index in [4.69, 9.17) is 11.6 Å². The second kappa shape index (κ2) is 7.53. The number of amides is 1. The van der Waals surface area contributed by atoms with E-state index in [0.717, 1.165) is 44.5 Å². The maximum atomic E-state index is 12.8. The molecule has 1 aromatic carbocycles. The van der Waals surface area contributed by atoms with Crippen LogP contribution in [0.5, 0.6) is 0 Å². The Kier molecular flexibility index (Phi) is 5.36. The number of rotatable bonds is 3. The first-order chi connectivity index (χ1) is 12.3. The van der Waals surface area contributed by atoms with Crippen molar-refractivity contribution in [3.05, 3.63) is 52.7 Å². The number of anilines is 2. The summed E-state index contributed by atoms with van der Waals surface area (Å²) >= 11 is 5.96. The van der Waals surface area contributed by atoms with E-state index in [2.05, 4.69) is 10.3 Å². The lowest BCUT2D eigenvalue weighted by Gasteiger charge is -2.26. The van der Waals surface area contributed by atoms with Gasteiger partial charge in [-0.05, 0) is 49.6 Å². The molecule has 1 aromatic heterocycles. The second-order valence-corrected chi connectivity index (χ2v) is 6.51. The number of halogens is 4. The van der Waals surface area contributed by atoms with Crippen molar-refractivity contribution in [2.75, 3.05) is 18.4 Å². The molecule has 8 heteroatoms. The van der Waals surface area contributed by atoms with Crippen molar-refractivity contribution < 1.29 is 18.0 Å². The number of hydrogen-bond donors (Lipinski definition) is 1. The number of aromatic nitrogens is 1. The van der Waals surface area contributed by atoms with Gasteiger partial charge in [-0.2, -0.15) is 13.2 Å². The van der Waals surface area contributed by atoms with Crippen molar-refractivity contribution in [3.8, 4) is 0 Å². The van der Waals surface area contributed by atoms with E-state index < -0.39 is 11.7 Å². The number of pyridine rings is 1. The highest BCUT2D eigenvalue weighted by Crippen LogP contribution is 2.34. The highest BCUT2D eigenvalue weighted by Gasteiger charge is 2.31. The van der Waals surface area contributed by atoms with Gasteiger partial charge in [-0.1, -0.05) is 11.6 Å². The predicted molar refractivity (Wildman–Crippen MR) is 93.7 cm³/mol. The third-order valence-electron chi connectivity index (χ3n) is 4.21. The molecular weight excluding hydrogens is 367 g/mol. The first-order valence-electron chi connectivity index (χ1n) is 8.24. The Hall–Kier alpha value is -2.28. The summed E-state index contributed by atoms with van der Waals surface area (Å²) in [7, 11) is 0. The molecule has 1 N–H and O–H groups in total. The Morgan fingerprint density at radius 3 is 2.46 bits per heavy atom. The van der Waals surface area contributed by atoms with Crippen LogP contribution in [-0.2, 0) is 6.18 Å². The monoisotopic (exact) mass is 383 g/mol. The summed E-state index contributed by atoms with van der Waals surface area (Å²) in [5.41, 5.74) is -0.252. The Bertz CT molecular complexity index is 787. The predicted octanol–water partition coefficient (Wildman–Crippen LogP) is 5.12. The van der Waals surface area contributed by atoms with Gasteiger partial charge in [0.05, 0.1) is 21.8 Å². The van der Waals surface area contributed by atoms with Crippen molar-refractivity contribution >= 4 is 29.0 Å². The molecule has 1 aliphatic heterocycles. The quantitative estimate of drug-likeness (QED) is 0.799. The zero-order valence-electron chi connectivity index (χ0n) is 13.8. The fourth-order valence-electron chi connectivity index (χ4n) is 2.81. The van der Waals surface area contributed by atoms with Crippen LogP contribution >= 0.6 is 11.6 Å². The Balaban J connectivity index is 1.74. The lowest BCUT2D eigenvalue weighted by molar-refractivity contribution is -0.137. The number of benzene rings is 1. The van der Waals surface area contributed by atoms with Crippen LogP contribution in [-0.4, -0.2) is 28.9 Å². The molecular formula is C18H17ClF3N3O. The van der Waals surface area contributed by atoms with Gasteiger partial charge in [-0.3, -0.25) is 4.79 Å². The van der Waals surface area contributed by atoms with Gasteiger partial charge in [-0.15, -0.1) is 0 Å². The Labute approximate surface area is 154 Å². The Morgan fingerprint density at radius 1 is 1.12 bits per heavy atom. The number of piperidine rings is 1. The standard InChI is InChI=1S/C18H17ClF3N3O/c19-14-6-5-13(18(20,21)22)10-15(14)24-16-7-4-12(11-23-16)17(26)25-8-2-1-3-9-25/h4-7,10-11H,1-3,8-9H2,(H,23,24). The van der Waals surface area contributed by atoms with Gasteiger partial charge in [0, 0.05) is 19.3 Å².